The molecule has 0 atom stereocenters. The number of rotatable bonds is 7. The van der Waals surface area contributed by atoms with Gasteiger partial charge in [-0.15, -0.1) is 0 Å². The minimum Gasteiger partial charge on any atom is -0.493 e. The highest BCUT2D eigenvalue weighted by Gasteiger charge is 2.11. The van der Waals surface area contributed by atoms with E-state index in [1.165, 1.54) is 25.3 Å². The number of nitrogens with zero attached hydrogens (tertiary/aromatic N) is 1. The van der Waals surface area contributed by atoms with Crippen LogP contribution in [0.1, 0.15) is 11.1 Å². The number of benzene rings is 3. The molecule has 31 heavy (non-hydrogen) atoms. The fourth-order valence-electron chi connectivity index (χ4n) is 2.73. The quantitative estimate of drug-likeness (QED) is 0.386. The van der Waals surface area contributed by atoms with E-state index in [9.17, 15) is 14.4 Å². The van der Waals surface area contributed by atoms with Crippen LogP contribution in [0.4, 0.5) is 10.1 Å². The molecule has 0 aliphatic heterocycles. The maximum Gasteiger partial charge on any atom is 0.266 e. The lowest BCUT2D eigenvalue weighted by Gasteiger charge is -2.12. The molecule has 0 spiro atoms. The average Bonchev–Trinajstić information content (AvgIpc) is 2.77. The fourth-order valence-corrected chi connectivity index (χ4v) is 2.85. The summed E-state index contributed by atoms with van der Waals surface area (Å²) in [6, 6.07) is 19.6. The van der Waals surface area contributed by atoms with Gasteiger partial charge in [0.1, 0.15) is 24.1 Å². The Morgan fingerprint density at radius 1 is 1.13 bits per heavy atom. The second kappa shape index (κ2) is 10.3. The molecule has 5 nitrogen and oxygen atoms in total. The number of ether oxygens (including phenoxy) is 2. The average molecular weight is 437 g/mol. The zero-order valence-electron chi connectivity index (χ0n) is 16.6. The number of halogens is 2. The van der Waals surface area contributed by atoms with Gasteiger partial charge < -0.3 is 14.8 Å². The van der Waals surface area contributed by atoms with Crippen molar-refractivity contribution >= 4 is 29.3 Å². The number of carbonyl (C=O) groups is 1. The Bertz CT molecular complexity index is 1150. The molecule has 0 saturated carbocycles. The first-order chi connectivity index (χ1) is 15.0. The topological polar surface area (TPSA) is 71.3 Å². The van der Waals surface area contributed by atoms with Gasteiger partial charge in [0, 0.05) is 10.7 Å². The van der Waals surface area contributed by atoms with Gasteiger partial charge >= 0.3 is 0 Å². The van der Waals surface area contributed by atoms with Crippen LogP contribution in [0.25, 0.3) is 6.08 Å². The monoisotopic (exact) mass is 436 g/mol. The third-order valence-corrected chi connectivity index (χ3v) is 4.50. The van der Waals surface area contributed by atoms with Crippen LogP contribution in [-0.4, -0.2) is 13.0 Å². The normalized spacial score (nSPS) is 10.8. The highest BCUT2D eigenvalue weighted by atomic mass is 35.5. The van der Waals surface area contributed by atoms with Crippen LogP contribution < -0.4 is 14.8 Å². The molecule has 0 aliphatic carbocycles. The fraction of sp³-hybridized carbons (Fsp3) is 0.0833. The Labute approximate surface area is 184 Å². The summed E-state index contributed by atoms with van der Waals surface area (Å²) in [5, 5.41) is 12.6. The summed E-state index contributed by atoms with van der Waals surface area (Å²) >= 11 is 5.84. The number of nitriles is 1. The maximum absolute atomic E-state index is 13.3. The predicted molar refractivity (Wildman–Crippen MR) is 117 cm³/mol. The molecule has 1 amide bonds. The molecule has 0 heterocycles. The van der Waals surface area contributed by atoms with E-state index in [-0.39, 0.29) is 18.0 Å². The summed E-state index contributed by atoms with van der Waals surface area (Å²) in [5.41, 5.74) is 1.70. The molecule has 0 aromatic heterocycles. The van der Waals surface area contributed by atoms with Gasteiger partial charge in [0.2, 0.25) is 0 Å². The minimum absolute atomic E-state index is 0.0783. The van der Waals surface area contributed by atoms with E-state index in [1.54, 1.807) is 54.6 Å². The van der Waals surface area contributed by atoms with Gasteiger partial charge in [-0.1, -0.05) is 29.8 Å². The molecule has 0 saturated heterocycles. The van der Waals surface area contributed by atoms with Gasteiger partial charge in [-0.2, -0.15) is 5.26 Å². The second-order valence-electron chi connectivity index (χ2n) is 6.46. The van der Waals surface area contributed by atoms with Crippen molar-refractivity contribution in [1.29, 1.82) is 5.26 Å². The van der Waals surface area contributed by atoms with E-state index in [2.05, 4.69) is 5.32 Å². The van der Waals surface area contributed by atoms with Crippen molar-refractivity contribution in [2.75, 3.05) is 12.4 Å². The lowest BCUT2D eigenvalue weighted by Crippen LogP contribution is -2.13. The van der Waals surface area contributed by atoms with Crippen LogP contribution in [0.15, 0.2) is 72.3 Å². The first-order valence-electron chi connectivity index (χ1n) is 9.22. The lowest BCUT2D eigenvalue weighted by molar-refractivity contribution is -0.112. The van der Waals surface area contributed by atoms with Crippen molar-refractivity contribution in [2.45, 2.75) is 6.61 Å². The van der Waals surface area contributed by atoms with Crippen molar-refractivity contribution in [3.63, 3.8) is 0 Å². The highest BCUT2D eigenvalue weighted by molar-refractivity contribution is 6.30. The van der Waals surface area contributed by atoms with Gasteiger partial charge in [-0.05, 0) is 65.7 Å². The number of amides is 1. The number of hydrogen-bond acceptors (Lipinski definition) is 4. The summed E-state index contributed by atoms with van der Waals surface area (Å²) < 4.78 is 24.4. The zero-order valence-corrected chi connectivity index (χ0v) is 17.3. The summed E-state index contributed by atoms with van der Waals surface area (Å²) in [6.07, 6.45) is 1.45. The molecule has 0 unspecified atom stereocenters. The number of carbonyl (C=O) groups excluding carboxylic acids is 1. The molecular weight excluding hydrogens is 419 g/mol. The van der Waals surface area contributed by atoms with E-state index >= 15 is 0 Å². The van der Waals surface area contributed by atoms with Crippen LogP contribution in [0.5, 0.6) is 11.5 Å². The lowest BCUT2D eigenvalue weighted by atomic mass is 10.1. The molecule has 0 bridgehead atoms. The van der Waals surface area contributed by atoms with Crippen LogP contribution in [0.3, 0.4) is 0 Å². The summed E-state index contributed by atoms with van der Waals surface area (Å²) in [4.78, 5) is 12.4. The van der Waals surface area contributed by atoms with Gasteiger partial charge in [0.05, 0.1) is 7.11 Å². The number of methoxy groups -OCH3 is 1. The van der Waals surface area contributed by atoms with Crippen LogP contribution >= 0.6 is 11.6 Å². The van der Waals surface area contributed by atoms with E-state index in [1.807, 2.05) is 6.07 Å². The Morgan fingerprint density at radius 2 is 1.90 bits per heavy atom. The van der Waals surface area contributed by atoms with Gasteiger partial charge in [0.15, 0.2) is 11.5 Å². The molecule has 0 fully saturated rings. The Kier molecular flexibility index (Phi) is 7.26. The van der Waals surface area contributed by atoms with E-state index < -0.39 is 5.91 Å². The zero-order chi connectivity index (χ0) is 22.2. The maximum atomic E-state index is 13.3. The summed E-state index contributed by atoms with van der Waals surface area (Å²) in [6.45, 7) is 0.163. The van der Waals surface area contributed by atoms with Gasteiger partial charge in [0.25, 0.3) is 5.91 Å². The van der Waals surface area contributed by atoms with E-state index in [0.29, 0.717) is 33.3 Å². The molecule has 0 aliphatic rings. The van der Waals surface area contributed by atoms with Crippen LogP contribution in [0.2, 0.25) is 5.02 Å². The third-order valence-electron chi connectivity index (χ3n) is 4.25. The SMILES string of the molecule is COc1cc(/C=C(/C#N)C(=O)Nc2ccc(Cl)cc2)ccc1OCc1cccc(F)c1. The molecule has 7 heteroatoms. The van der Waals surface area contributed by atoms with Crippen LogP contribution in [0, 0.1) is 17.1 Å². The molecule has 3 aromatic rings. The number of anilines is 1. The van der Waals surface area contributed by atoms with Crippen LogP contribution in [-0.2, 0) is 11.4 Å². The molecule has 1 N–H and O–H groups in total. The number of hydrogen-bond donors (Lipinski definition) is 1. The van der Waals surface area contributed by atoms with Crippen molar-refractivity contribution in [3.05, 3.63) is 94.3 Å². The Hall–Kier alpha value is -3.82. The molecule has 156 valence electrons. The second-order valence-corrected chi connectivity index (χ2v) is 6.90. The van der Waals surface area contributed by atoms with Crippen molar-refractivity contribution < 1.29 is 18.7 Å². The Morgan fingerprint density at radius 3 is 2.58 bits per heavy atom. The van der Waals surface area contributed by atoms with Crippen molar-refractivity contribution in [1.82, 2.24) is 0 Å². The third kappa shape index (κ3) is 6.08. The van der Waals surface area contributed by atoms with E-state index in [0.717, 1.165) is 0 Å². The highest BCUT2D eigenvalue weighted by Crippen LogP contribution is 2.30. The molecule has 0 radical (unpaired) electrons. The molecular formula is C24H18ClFN2O3. The first kappa shape index (κ1) is 21.9. The van der Waals surface area contributed by atoms with E-state index in [4.69, 9.17) is 21.1 Å². The standard InChI is InChI=1S/C24H18ClFN2O3/c1-30-23-13-16(5-10-22(23)31-15-17-3-2-4-20(26)12-17)11-18(14-27)24(29)28-21-8-6-19(25)7-9-21/h2-13H,15H2,1H3,(H,28,29)/b18-11-. The predicted octanol–water partition coefficient (Wildman–Crippen LogP) is 5.61. The summed E-state index contributed by atoms with van der Waals surface area (Å²) in [7, 11) is 1.48. The molecule has 3 rings (SSSR count). The Balaban J connectivity index is 1.74. The first-order valence-corrected chi connectivity index (χ1v) is 9.60. The van der Waals surface area contributed by atoms with Crippen molar-refractivity contribution in [2.24, 2.45) is 0 Å². The minimum atomic E-state index is -0.546. The smallest absolute Gasteiger partial charge is 0.266 e. The molecule has 3 aromatic carbocycles. The van der Waals surface area contributed by atoms with Crippen molar-refractivity contribution in [3.8, 4) is 17.6 Å². The van der Waals surface area contributed by atoms with Gasteiger partial charge in [-0.25, -0.2) is 4.39 Å². The number of nitrogens with one attached hydrogen (secondary N) is 1. The summed E-state index contributed by atoms with van der Waals surface area (Å²) in [5.74, 6) is -0.0155. The largest absolute Gasteiger partial charge is 0.493 e. The van der Waals surface area contributed by atoms with Gasteiger partial charge in [-0.3, -0.25) is 4.79 Å².